The van der Waals surface area contributed by atoms with E-state index >= 15 is 0 Å². The highest BCUT2D eigenvalue weighted by Crippen LogP contribution is 2.40. The van der Waals surface area contributed by atoms with Crippen LogP contribution in [0.1, 0.15) is 108 Å². The molecule has 0 aromatic carbocycles. The second kappa shape index (κ2) is 16.8. The van der Waals surface area contributed by atoms with Gasteiger partial charge in [0.15, 0.2) is 0 Å². The lowest BCUT2D eigenvalue weighted by atomic mass is 10.0. The monoisotopic (exact) mass is 509 g/mol. The maximum atomic E-state index is 6.51. The first kappa shape index (κ1) is 33.2. The fraction of sp³-hybridized carbons (Fsp3) is 1.00. The van der Waals surface area contributed by atoms with Crippen molar-refractivity contribution in [3.8, 4) is 0 Å². The van der Waals surface area contributed by atoms with E-state index in [-0.39, 0.29) is 0 Å². The summed E-state index contributed by atoms with van der Waals surface area (Å²) in [5, 5.41) is 3.17. The molecule has 200 valence electrons. The van der Waals surface area contributed by atoms with Crippen molar-refractivity contribution in [1.82, 2.24) is 5.32 Å². The molecule has 0 bridgehead atoms. The average molecular weight is 510 g/mol. The summed E-state index contributed by atoms with van der Waals surface area (Å²) in [5.41, 5.74) is 0. The Morgan fingerprint density at radius 2 is 0.697 bits per heavy atom. The minimum absolute atomic E-state index is 0.488. The molecule has 1 N–H and O–H groups in total. The predicted molar refractivity (Wildman–Crippen MR) is 140 cm³/mol. The van der Waals surface area contributed by atoms with E-state index in [1.165, 1.54) is 0 Å². The first-order chi connectivity index (χ1) is 15.8. The Morgan fingerprint density at radius 3 is 0.848 bits per heavy atom. The van der Waals surface area contributed by atoms with Crippen LogP contribution >= 0.6 is 0 Å². The number of hydrogen-bond donors (Lipinski definition) is 1. The molecule has 9 heteroatoms. The fourth-order valence-corrected chi connectivity index (χ4v) is 12.4. The third kappa shape index (κ3) is 7.57. The first-order valence-electron chi connectivity index (χ1n) is 13.4. The van der Waals surface area contributed by atoms with Crippen LogP contribution in [0, 0.1) is 0 Å². The molecule has 0 aliphatic heterocycles. The minimum Gasteiger partial charge on any atom is -0.373 e. The zero-order chi connectivity index (χ0) is 25.4. The summed E-state index contributed by atoms with van der Waals surface area (Å²) in [5.74, 6) is 0. The van der Waals surface area contributed by atoms with Crippen molar-refractivity contribution in [1.29, 1.82) is 0 Å². The van der Waals surface area contributed by atoms with Crippen LogP contribution in [0.4, 0.5) is 0 Å². The van der Waals surface area contributed by atoms with E-state index in [4.69, 9.17) is 26.6 Å². The number of hydrogen-bond acceptors (Lipinski definition) is 7. The van der Waals surface area contributed by atoms with Gasteiger partial charge in [0, 0.05) is 39.6 Å². The Morgan fingerprint density at radius 1 is 0.455 bits per heavy atom. The maximum absolute atomic E-state index is 6.51. The molecule has 0 heterocycles. The Balaban J connectivity index is 7.09. The van der Waals surface area contributed by atoms with Gasteiger partial charge in [0.2, 0.25) is 0 Å². The van der Waals surface area contributed by atoms with Crippen LogP contribution in [-0.4, -0.2) is 67.6 Å². The zero-order valence-corrected chi connectivity index (χ0v) is 25.4. The Labute approximate surface area is 207 Å². The standard InChI is InChI=1S/C24H55NO6Si2/c1-11-21-23(13-3,32(26-15-5,27-16-6)28-17-7)25-24(14-4,22-12-2)33(29-18-8,30-19-9)31-20-10/h25H,11-22H2,1-10H3. The summed E-state index contributed by atoms with van der Waals surface area (Å²) in [6, 6.07) is 0. The normalized spacial score (nSPS) is 16.5. The van der Waals surface area contributed by atoms with Crippen molar-refractivity contribution in [2.24, 2.45) is 0 Å². The van der Waals surface area contributed by atoms with Gasteiger partial charge in [0.1, 0.15) is 0 Å². The summed E-state index contributed by atoms with van der Waals surface area (Å²) in [6.07, 6.45) is 5.31. The van der Waals surface area contributed by atoms with E-state index in [1.54, 1.807) is 0 Å². The van der Waals surface area contributed by atoms with Crippen LogP contribution < -0.4 is 5.32 Å². The molecular formula is C24H55NO6Si2. The van der Waals surface area contributed by atoms with Gasteiger partial charge in [-0.25, -0.2) is 0 Å². The van der Waals surface area contributed by atoms with Crippen molar-refractivity contribution in [2.45, 2.75) is 118 Å². The molecule has 0 saturated carbocycles. The summed E-state index contributed by atoms with van der Waals surface area (Å²) < 4.78 is 39.0. The molecule has 7 nitrogen and oxygen atoms in total. The molecule has 0 aliphatic carbocycles. The van der Waals surface area contributed by atoms with Gasteiger partial charge < -0.3 is 26.6 Å². The average Bonchev–Trinajstić information content (AvgIpc) is 2.79. The van der Waals surface area contributed by atoms with E-state index in [2.05, 4.69) is 33.0 Å². The fourth-order valence-electron chi connectivity index (χ4n) is 5.08. The summed E-state index contributed by atoms with van der Waals surface area (Å²) in [6.45, 7) is 24.2. The van der Waals surface area contributed by atoms with Gasteiger partial charge in [-0.2, -0.15) is 0 Å². The highest BCUT2D eigenvalue weighted by molar-refractivity contribution is 6.66. The quantitative estimate of drug-likeness (QED) is 0.189. The van der Waals surface area contributed by atoms with Gasteiger partial charge in [-0.05, 0) is 67.2 Å². The van der Waals surface area contributed by atoms with Crippen LogP contribution in [0.5, 0.6) is 0 Å². The molecule has 0 aliphatic rings. The molecule has 0 radical (unpaired) electrons. The van der Waals surface area contributed by atoms with E-state index in [1.807, 2.05) is 41.5 Å². The van der Waals surface area contributed by atoms with Crippen molar-refractivity contribution < 1.29 is 26.6 Å². The van der Waals surface area contributed by atoms with Gasteiger partial charge in [-0.3, -0.25) is 5.32 Å². The molecule has 2 atom stereocenters. The minimum atomic E-state index is -3.15. The number of rotatable bonds is 22. The van der Waals surface area contributed by atoms with Gasteiger partial charge in [-0.15, -0.1) is 0 Å². The lowest BCUT2D eigenvalue weighted by Crippen LogP contribution is -2.81. The van der Waals surface area contributed by atoms with Gasteiger partial charge in [0.05, 0.1) is 10.3 Å². The molecule has 0 amide bonds. The van der Waals surface area contributed by atoms with Crippen LogP contribution in [0.2, 0.25) is 0 Å². The highest BCUT2D eigenvalue weighted by atomic mass is 28.4. The SMILES string of the molecule is CCCC(CC)(NC(CC)(CCC)[Si](OCC)(OCC)OCC)[Si](OCC)(OCC)OCC. The molecule has 0 saturated heterocycles. The second-order valence-electron chi connectivity index (χ2n) is 8.21. The largest absolute Gasteiger partial charge is 0.522 e. The molecule has 2 unspecified atom stereocenters. The van der Waals surface area contributed by atoms with E-state index in [0.29, 0.717) is 39.6 Å². The van der Waals surface area contributed by atoms with Gasteiger partial charge in [0.25, 0.3) is 0 Å². The predicted octanol–water partition coefficient (Wildman–Crippen LogP) is 5.65. The second-order valence-corrected chi connectivity index (χ2v) is 14.1. The lowest BCUT2D eigenvalue weighted by molar-refractivity contribution is 0.00361. The van der Waals surface area contributed by atoms with Crippen LogP contribution in [-0.2, 0) is 26.6 Å². The molecular weight excluding hydrogens is 454 g/mol. The molecule has 0 aromatic heterocycles. The summed E-state index contributed by atoms with van der Waals surface area (Å²) in [4.78, 5) is 0. The van der Waals surface area contributed by atoms with Gasteiger partial charge in [-0.1, -0.05) is 40.5 Å². The van der Waals surface area contributed by atoms with Crippen molar-refractivity contribution in [2.75, 3.05) is 39.6 Å². The topological polar surface area (TPSA) is 67.4 Å². The summed E-state index contributed by atoms with van der Waals surface area (Å²) in [7, 11) is -6.31. The Hall–Kier alpha value is 0.154. The third-order valence-corrected chi connectivity index (χ3v) is 14.0. The van der Waals surface area contributed by atoms with E-state index in [0.717, 1.165) is 38.5 Å². The Kier molecular flexibility index (Phi) is 16.8. The van der Waals surface area contributed by atoms with Crippen LogP contribution in [0.15, 0.2) is 0 Å². The Bertz CT molecular complexity index is 426. The van der Waals surface area contributed by atoms with E-state index < -0.39 is 27.9 Å². The highest BCUT2D eigenvalue weighted by Gasteiger charge is 2.67. The molecule has 33 heavy (non-hydrogen) atoms. The van der Waals surface area contributed by atoms with Crippen molar-refractivity contribution in [3.05, 3.63) is 0 Å². The van der Waals surface area contributed by atoms with Crippen LogP contribution in [0.3, 0.4) is 0 Å². The smallest absolute Gasteiger partial charge is 0.373 e. The zero-order valence-electron chi connectivity index (χ0n) is 23.4. The van der Waals surface area contributed by atoms with Gasteiger partial charge >= 0.3 is 17.6 Å². The lowest BCUT2D eigenvalue weighted by Gasteiger charge is -2.54. The maximum Gasteiger partial charge on any atom is 0.522 e. The van der Waals surface area contributed by atoms with E-state index in [9.17, 15) is 0 Å². The molecule has 0 fully saturated rings. The van der Waals surface area contributed by atoms with Crippen LogP contribution in [0.25, 0.3) is 0 Å². The third-order valence-electron chi connectivity index (χ3n) is 6.22. The summed E-state index contributed by atoms with van der Waals surface area (Å²) >= 11 is 0. The van der Waals surface area contributed by atoms with Crippen molar-refractivity contribution in [3.63, 3.8) is 0 Å². The first-order valence-corrected chi connectivity index (χ1v) is 16.9. The molecule has 0 spiro atoms. The van der Waals surface area contributed by atoms with Crippen molar-refractivity contribution >= 4 is 17.6 Å². The molecule has 0 rings (SSSR count). The molecule has 0 aromatic rings. The number of nitrogens with one attached hydrogen (secondary N) is 1.